The van der Waals surface area contributed by atoms with Crippen LogP contribution in [0.5, 0.6) is 0 Å². The van der Waals surface area contributed by atoms with Gasteiger partial charge in [0.1, 0.15) is 12.2 Å². The third kappa shape index (κ3) is 4.58. The second kappa shape index (κ2) is 9.21. The number of nitrogens with one attached hydrogen (secondary N) is 1. The van der Waals surface area contributed by atoms with Gasteiger partial charge in [-0.1, -0.05) is 29.3 Å². The molecule has 13 heteroatoms. The summed E-state index contributed by atoms with van der Waals surface area (Å²) in [5, 5.41) is 22.7. The molecule has 0 aliphatic heterocycles. The maximum absolute atomic E-state index is 13.1. The van der Waals surface area contributed by atoms with Gasteiger partial charge in [0.05, 0.1) is 28.5 Å². The highest BCUT2D eigenvalue weighted by Crippen LogP contribution is 2.31. The minimum atomic E-state index is -3.14. The Kier molecular flexibility index (Phi) is 6.79. The van der Waals surface area contributed by atoms with E-state index in [9.17, 15) is 23.7 Å². The Bertz CT molecular complexity index is 1190. The predicted molar refractivity (Wildman–Crippen MR) is 114 cm³/mol. The molecule has 9 nitrogen and oxygen atoms in total. The molecule has 2 heterocycles. The van der Waals surface area contributed by atoms with Crippen molar-refractivity contribution in [2.24, 2.45) is 0 Å². The highest BCUT2D eigenvalue weighted by molar-refractivity contribution is 6.35. The monoisotopic (exact) mass is 486 g/mol. The molecule has 3 rings (SSSR count). The Morgan fingerprint density at radius 3 is 2.31 bits per heavy atom. The zero-order valence-corrected chi connectivity index (χ0v) is 18.7. The second-order valence-corrected chi connectivity index (χ2v) is 7.80. The molecule has 1 N–H and O–H groups in total. The van der Waals surface area contributed by atoms with Crippen molar-refractivity contribution in [2.45, 2.75) is 40.3 Å². The van der Waals surface area contributed by atoms with Crippen molar-refractivity contribution in [3.8, 4) is 0 Å². The molecule has 32 heavy (non-hydrogen) atoms. The van der Waals surface area contributed by atoms with Crippen LogP contribution in [0, 0.1) is 30.9 Å². The molecular weight excluding hydrogens is 469 g/mol. The molecule has 0 saturated carbocycles. The molecule has 0 spiro atoms. The average molecular weight is 487 g/mol. The lowest BCUT2D eigenvalue weighted by Crippen LogP contribution is -2.21. The van der Waals surface area contributed by atoms with E-state index in [2.05, 4.69) is 15.5 Å². The van der Waals surface area contributed by atoms with Gasteiger partial charge in [-0.15, -0.1) is 0 Å². The van der Waals surface area contributed by atoms with E-state index in [1.807, 2.05) is 0 Å². The summed E-state index contributed by atoms with van der Waals surface area (Å²) in [6.07, 6.45) is -3.14. The van der Waals surface area contributed by atoms with E-state index in [0.29, 0.717) is 32.7 Å². The van der Waals surface area contributed by atoms with Crippen molar-refractivity contribution in [2.75, 3.05) is 5.32 Å². The molecule has 2 aromatic heterocycles. The number of hydrogen-bond donors (Lipinski definition) is 1. The van der Waals surface area contributed by atoms with E-state index in [-0.39, 0.29) is 12.2 Å². The van der Waals surface area contributed by atoms with Crippen molar-refractivity contribution in [1.29, 1.82) is 0 Å². The van der Waals surface area contributed by atoms with Crippen LogP contribution in [0.2, 0.25) is 10.0 Å². The Hall–Kier alpha value is -3.05. The van der Waals surface area contributed by atoms with Crippen LogP contribution in [0.1, 0.15) is 34.8 Å². The second-order valence-electron chi connectivity index (χ2n) is 6.99. The van der Waals surface area contributed by atoms with Crippen LogP contribution in [-0.4, -0.2) is 30.4 Å². The van der Waals surface area contributed by atoms with Gasteiger partial charge < -0.3 is 5.32 Å². The van der Waals surface area contributed by atoms with Gasteiger partial charge in [0, 0.05) is 15.6 Å². The van der Waals surface area contributed by atoms with E-state index < -0.39 is 35.2 Å². The average Bonchev–Trinajstić information content (AvgIpc) is 3.16. The molecule has 0 radical (unpaired) electrons. The molecule has 0 fully saturated rings. The number of nitrogens with zero attached hydrogens (tertiary/aromatic N) is 5. The third-order valence-corrected chi connectivity index (χ3v) is 5.61. The molecule has 1 amide bonds. The van der Waals surface area contributed by atoms with Crippen molar-refractivity contribution < 1.29 is 18.5 Å². The first-order valence-corrected chi connectivity index (χ1v) is 10.0. The fraction of sp³-hybridized carbons (Fsp3) is 0.316. The van der Waals surface area contributed by atoms with Crippen LogP contribution in [0.3, 0.4) is 0 Å². The van der Waals surface area contributed by atoms with Gasteiger partial charge in [-0.25, -0.2) is 8.78 Å². The third-order valence-electron chi connectivity index (χ3n) is 4.90. The minimum Gasteiger partial charge on any atom is -0.321 e. The number of halogens is 4. The van der Waals surface area contributed by atoms with Gasteiger partial charge in [0.25, 0.3) is 6.43 Å². The van der Waals surface area contributed by atoms with Gasteiger partial charge in [0.15, 0.2) is 0 Å². The number of rotatable bonds is 7. The molecule has 0 aliphatic carbocycles. The fourth-order valence-corrected chi connectivity index (χ4v) is 3.78. The van der Waals surface area contributed by atoms with Crippen LogP contribution >= 0.6 is 23.2 Å². The van der Waals surface area contributed by atoms with Gasteiger partial charge in [-0.3, -0.25) is 24.3 Å². The zero-order valence-electron chi connectivity index (χ0n) is 17.2. The van der Waals surface area contributed by atoms with Crippen LogP contribution < -0.4 is 5.32 Å². The molecule has 0 aliphatic rings. The number of benzene rings is 1. The first kappa shape index (κ1) is 23.6. The maximum atomic E-state index is 13.1. The van der Waals surface area contributed by atoms with E-state index in [1.165, 1.54) is 6.92 Å². The molecule has 0 atom stereocenters. The number of anilines is 1. The van der Waals surface area contributed by atoms with Crippen molar-refractivity contribution in [3.63, 3.8) is 0 Å². The lowest BCUT2D eigenvalue weighted by Gasteiger charge is -2.10. The van der Waals surface area contributed by atoms with Crippen LogP contribution in [0.4, 0.5) is 20.2 Å². The molecule has 0 saturated heterocycles. The summed E-state index contributed by atoms with van der Waals surface area (Å²) >= 11 is 12.4. The predicted octanol–water partition coefficient (Wildman–Crippen LogP) is 4.84. The largest absolute Gasteiger partial charge is 0.321 e. The maximum Gasteiger partial charge on any atom is 0.319 e. The molecule has 0 unspecified atom stereocenters. The quantitative estimate of drug-likeness (QED) is 0.379. The van der Waals surface area contributed by atoms with Crippen molar-refractivity contribution >= 4 is 40.5 Å². The number of amides is 1. The summed E-state index contributed by atoms with van der Waals surface area (Å²) in [5.74, 6) is -0.604. The first-order valence-electron chi connectivity index (χ1n) is 9.27. The molecule has 0 bridgehead atoms. The van der Waals surface area contributed by atoms with Gasteiger partial charge in [0.2, 0.25) is 11.6 Å². The minimum absolute atomic E-state index is 0.141. The number of carbonyl (C=O) groups is 1. The molecule has 3 aromatic rings. The standard InChI is InChI=1S/C19H18Cl2F2N6O3/c1-9-16(10(2)27(25-9)7-12-13(20)5-4-6-14(12)21)24-15(30)8-28-11(3)18(29(31)32)17(26-28)19(22)23/h4-6,19H,7-8H2,1-3H3,(H,24,30). The lowest BCUT2D eigenvalue weighted by atomic mass is 10.2. The fourth-order valence-electron chi connectivity index (χ4n) is 3.27. The number of nitro groups is 1. The summed E-state index contributed by atoms with van der Waals surface area (Å²) < 4.78 is 28.7. The van der Waals surface area contributed by atoms with Crippen molar-refractivity contribution in [1.82, 2.24) is 19.6 Å². The molecule has 170 valence electrons. The van der Waals surface area contributed by atoms with E-state index in [1.54, 1.807) is 36.7 Å². The summed E-state index contributed by atoms with van der Waals surface area (Å²) in [6, 6.07) is 5.13. The Morgan fingerprint density at radius 2 is 1.78 bits per heavy atom. The number of aromatic nitrogens is 4. The Morgan fingerprint density at radius 1 is 1.16 bits per heavy atom. The highest BCUT2D eigenvalue weighted by Gasteiger charge is 2.31. The van der Waals surface area contributed by atoms with Gasteiger partial charge >= 0.3 is 5.69 Å². The van der Waals surface area contributed by atoms with E-state index in [0.717, 1.165) is 4.68 Å². The van der Waals surface area contributed by atoms with E-state index >= 15 is 0 Å². The normalized spacial score (nSPS) is 11.2. The zero-order chi connectivity index (χ0) is 23.7. The summed E-state index contributed by atoms with van der Waals surface area (Å²) in [6.45, 7) is 4.46. The molecular formula is C19H18Cl2F2N6O3. The number of alkyl halides is 2. The topological polar surface area (TPSA) is 108 Å². The van der Waals surface area contributed by atoms with Crippen molar-refractivity contribution in [3.05, 3.63) is 66.7 Å². The van der Waals surface area contributed by atoms with Gasteiger partial charge in [-0.2, -0.15) is 10.2 Å². The Balaban J connectivity index is 1.82. The first-order chi connectivity index (χ1) is 15.0. The smallest absolute Gasteiger partial charge is 0.319 e. The van der Waals surface area contributed by atoms with Crippen LogP contribution in [0.25, 0.3) is 0 Å². The highest BCUT2D eigenvalue weighted by atomic mass is 35.5. The summed E-state index contributed by atoms with van der Waals surface area (Å²) in [4.78, 5) is 22.7. The summed E-state index contributed by atoms with van der Waals surface area (Å²) in [7, 11) is 0. The molecule has 1 aromatic carbocycles. The number of hydrogen-bond acceptors (Lipinski definition) is 5. The SMILES string of the molecule is Cc1nn(Cc2c(Cl)cccc2Cl)c(C)c1NC(=O)Cn1nc(C(F)F)c([N+](=O)[O-])c1C. The van der Waals surface area contributed by atoms with Crippen LogP contribution in [-0.2, 0) is 17.9 Å². The number of carbonyl (C=O) groups excluding carboxylic acids is 1. The van der Waals surface area contributed by atoms with Crippen LogP contribution in [0.15, 0.2) is 18.2 Å². The number of aryl methyl sites for hydroxylation is 1. The summed E-state index contributed by atoms with van der Waals surface area (Å²) in [5.41, 5.74) is 0.295. The van der Waals surface area contributed by atoms with E-state index in [4.69, 9.17) is 23.2 Å². The van der Waals surface area contributed by atoms with Gasteiger partial charge in [-0.05, 0) is 32.9 Å². The Labute approximate surface area is 191 Å². The lowest BCUT2D eigenvalue weighted by molar-refractivity contribution is -0.386.